The molecule has 11 rings (SSSR count). The van der Waals surface area contributed by atoms with Crippen LogP contribution in [0, 0.1) is 21.3 Å². The lowest BCUT2D eigenvalue weighted by Crippen LogP contribution is -2.60. The number of nitro benzene ring substituents is 1. The number of ether oxygens (including phenoxy) is 2. The van der Waals surface area contributed by atoms with Crippen LogP contribution in [0.3, 0.4) is 0 Å². The number of aromatic amines is 2. The molecular weight excluding hydrogens is 1040 g/mol. The van der Waals surface area contributed by atoms with Gasteiger partial charge in [-0.2, -0.15) is 0 Å². The largest absolute Gasteiger partial charge is 0.497 e. The number of piperidine rings is 2. The number of nitrogens with zero attached hydrogens (tertiary/aromatic N) is 7. The topological polar surface area (TPSA) is 207 Å². The van der Waals surface area contributed by atoms with Crippen molar-refractivity contribution in [2.75, 3.05) is 69.7 Å². The smallest absolute Gasteiger partial charge is 0.296 e. The van der Waals surface area contributed by atoms with Gasteiger partial charge in [-0.05, 0) is 111 Å². The van der Waals surface area contributed by atoms with Gasteiger partial charge >= 0.3 is 0 Å². The van der Waals surface area contributed by atoms with Crippen LogP contribution in [-0.4, -0.2) is 131 Å². The fraction of sp³-hybridized carbons (Fsp3) is 0.441. The zero-order valence-corrected chi connectivity index (χ0v) is 46.6. The number of fused-ring (bicyclic) bond motifs is 2. The first-order chi connectivity index (χ1) is 38.4. The molecule has 3 aliphatic heterocycles. The van der Waals surface area contributed by atoms with Gasteiger partial charge in [0.1, 0.15) is 50.5 Å². The predicted molar refractivity (Wildman–Crippen MR) is 303 cm³/mol. The third kappa shape index (κ3) is 11.0. The average Bonchev–Trinajstić information content (AvgIpc) is 4.09. The molecule has 422 valence electrons. The number of aromatic nitrogens is 4. The molecular formula is C59H69F2N11O7S. The lowest BCUT2D eigenvalue weighted by atomic mass is 9.59. The van der Waals surface area contributed by atoms with E-state index in [1.807, 2.05) is 26.0 Å². The number of nitrogens with one attached hydrogen (secondary N) is 4. The third-order valence-electron chi connectivity index (χ3n) is 17.3. The van der Waals surface area contributed by atoms with Crippen molar-refractivity contribution in [3.05, 3.63) is 136 Å². The number of halogens is 2. The van der Waals surface area contributed by atoms with Gasteiger partial charge in [-0.3, -0.25) is 24.7 Å². The number of methoxy groups -OCH3 is 1. The van der Waals surface area contributed by atoms with Gasteiger partial charge in [0.05, 0.1) is 41.0 Å². The van der Waals surface area contributed by atoms with Crippen molar-refractivity contribution in [2.45, 2.75) is 107 Å². The highest BCUT2D eigenvalue weighted by molar-refractivity contribution is 7.90. The van der Waals surface area contributed by atoms with Crippen molar-refractivity contribution in [1.29, 1.82) is 0 Å². The van der Waals surface area contributed by atoms with Gasteiger partial charge in [0.25, 0.3) is 21.6 Å². The van der Waals surface area contributed by atoms with Crippen molar-refractivity contribution in [3.8, 4) is 17.2 Å². The summed E-state index contributed by atoms with van der Waals surface area (Å²) in [6.45, 7) is 14.6. The molecule has 1 amide bonds. The number of rotatable bonds is 17. The molecule has 1 atom stereocenters. The average molecular weight is 1110 g/mol. The monoisotopic (exact) mass is 1110 g/mol. The maximum atomic E-state index is 16.1. The minimum absolute atomic E-state index is 0.0232. The summed E-state index contributed by atoms with van der Waals surface area (Å²) in [6, 6.07) is 25.4. The van der Waals surface area contributed by atoms with Crippen LogP contribution in [0.25, 0.3) is 22.1 Å². The van der Waals surface area contributed by atoms with E-state index in [0.717, 1.165) is 82.5 Å². The third-order valence-corrected chi connectivity index (χ3v) is 18.6. The molecule has 7 aromatic rings. The summed E-state index contributed by atoms with van der Waals surface area (Å²) in [5.41, 5.74) is 2.39. The fourth-order valence-electron chi connectivity index (χ4n) is 12.7. The Balaban J connectivity index is 0.810. The summed E-state index contributed by atoms with van der Waals surface area (Å²) in [6.07, 6.45) is 8.22. The van der Waals surface area contributed by atoms with Crippen LogP contribution in [0.2, 0.25) is 0 Å². The van der Waals surface area contributed by atoms with Crippen LogP contribution in [0.5, 0.6) is 17.2 Å². The van der Waals surface area contributed by atoms with Gasteiger partial charge in [0.2, 0.25) is 0 Å². The van der Waals surface area contributed by atoms with E-state index in [0.29, 0.717) is 25.0 Å². The zero-order valence-electron chi connectivity index (χ0n) is 45.8. The second-order valence-corrected chi connectivity index (χ2v) is 24.5. The van der Waals surface area contributed by atoms with E-state index in [2.05, 4.69) is 99.8 Å². The molecule has 1 saturated carbocycles. The van der Waals surface area contributed by atoms with E-state index < -0.39 is 42.9 Å². The molecule has 4 N–H and O–H groups in total. The van der Waals surface area contributed by atoms with E-state index in [-0.39, 0.29) is 81.7 Å². The number of alkyl halides is 1. The van der Waals surface area contributed by atoms with E-state index in [4.69, 9.17) is 9.47 Å². The number of amides is 1. The first-order valence-corrected chi connectivity index (χ1v) is 29.1. The van der Waals surface area contributed by atoms with Crippen molar-refractivity contribution >= 4 is 55.1 Å². The van der Waals surface area contributed by atoms with E-state index in [9.17, 15) is 27.7 Å². The van der Waals surface area contributed by atoms with E-state index >= 15 is 4.39 Å². The van der Waals surface area contributed by atoms with Crippen LogP contribution in [0.15, 0.2) is 102 Å². The summed E-state index contributed by atoms with van der Waals surface area (Å²) in [5, 5.41) is 15.7. The fourth-order valence-corrected chi connectivity index (χ4v) is 13.8. The predicted octanol–water partition coefficient (Wildman–Crippen LogP) is 10.5. The maximum absolute atomic E-state index is 16.1. The number of carbonyl (C=O) groups excluding carboxylic acids is 1. The van der Waals surface area contributed by atoms with E-state index in [1.165, 1.54) is 47.5 Å². The molecule has 3 aromatic heterocycles. The normalized spacial score (nSPS) is 19.2. The molecule has 1 aliphatic carbocycles. The van der Waals surface area contributed by atoms with E-state index in [1.54, 1.807) is 19.2 Å². The summed E-state index contributed by atoms with van der Waals surface area (Å²) in [4.78, 5) is 49.4. The van der Waals surface area contributed by atoms with Crippen molar-refractivity contribution in [3.63, 3.8) is 0 Å². The van der Waals surface area contributed by atoms with Crippen LogP contribution in [-0.2, 0) is 16.6 Å². The number of imidazole rings is 1. The molecule has 0 bridgehead atoms. The standard InChI is InChI=1S/C59H69F2N11O7S/c1-37(2)44-8-6-7-9-45(44)50-34-68(33-39-10-13-42(78-5)14-11-39)24-25-71(50)41-29-58(30-41)16-20-70(21-17-58)40-12-15-46(51(26-40)79-43-27-47-48(60)32-63-56(47)62-31-43)57(73)67-80(76,77)52-28-49(72(74)75)53(55-54(52)65-36-66-55)64-35-59(61)18-22-69(23-19-59)38(3)4/h6-15,26-28,31-32,36-38,41,50,64H,16-25,29-30,33-35H2,1-5H3,(H,62,63)(H,65,66)(H,67,73). The molecule has 18 nitrogen and oxygen atoms in total. The molecule has 0 radical (unpaired) electrons. The van der Waals surface area contributed by atoms with Crippen molar-refractivity contribution in [1.82, 2.24) is 39.4 Å². The SMILES string of the molecule is COc1ccc(CN2CCN(C3CC4(CCN(c5ccc(C(=O)NS(=O)(=O)c6cc([N+](=O)[O-])c(NCC7(F)CCN(C(C)C)CC7)c7[nH]cnc67)c(Oc6cnc7[nH]cc(F)c7c6)c5)CC4)C3)C(c3ccccc3C(C)C)C2)cc1. The second kappa shape index (κ2) is 22.0. The molecule has 4 fully saturated rings. The Bertz CT molecular complexity index is 3530. The molecule has 80 heavy (non-hydrogen) atoms. The number of nitro groups is 1. The first kappa shape index (κ1) is 54.7. The molecule has 1 unspecified atom stereocenters. The number of sulfonamides is 1. The Hall–Kier alpha value is -7.20. The molecule has 6 heterocycles. The molecule has 4 aliphatic rings. The highest BCUT2D eigenvalue weighted by atomic mass is 32.2. The zero-order chi connectivity index (χ0) is 56.1. The number of piperazine rings is 1. The number of anilines is 2. The van der Waals surface area contributed by atoms with Crippen LogP contribution < -0.4 is 24.4 Å². The summed E-state index contributed by atoms with van der Waals surface area (Å²) in [7, 11) is -3.20. The van der Waals surface area contributed by atoms with Gasteiger partial charge in [-0.25, -0.2) is 31.9 Å². The summed E-state index contributed by atoms with van der Waals surface area (Å²) >= 11 is 0. The van der Waals surface area contributed by atoms with Gasteiger partial charge < -0.3 is 34.6 Å². The number of benzene rings is 4. The summed E-state index contributed by atoms with van der Waals surface area (Å²) in [5.74, 6) is -0.343. The highest BCUT2D eigenvalue weighted by Gasteiger charge is 2.50. The number of hydrogen-bond donors (Lipinski definition) is 4. The molecule has 21 heteroatoms. The van der Waals surface area contributed by atoms with Gasteiger partial charge in [-0.1, -0.05) is 50.2 Å². The number of pyridine rings is 1. The number of likely N-dealkylation sites (tertiary alicyclic amines) is 1. The molecule has 4 aromatic carbocycles. The van der Waals surface area contributed by atoms with Gasteiger partial charge in [0, 0.05) is 101 Å². The Kier molecular flexibility index (Phi) is 15.1. The van der Waals surface area contributed by atoms with Crippen LogP contribution in [0.4, 0.5) is 25.8 Å². The summed E-state index contributed by atoms with van der Waals surface area (Å²) < 4.78 is 73.5. The lowest BCUT2D eigenvalue weighted by molar-refractivity contribution is -0.384. The highest BCUT2D eigenvalue weighted by Crippen LogP contribution is 2.53. The lowest BCUT2D eigenvalue weighted by Gasteiger charge is -2.58. The minimum atomic E-state index is -4.89. The van der Waals surface area contributed by atoms with Crippen molar-refractivity contribution in [2.24, 2.45) is 5.41 Å². The minimum Gasteiger partial charge on any atom is -0.497 e. The second-order valence-electron chi connectivity index (χ2n) is 22.9. The molecule has 3 saturated heterocycles. The Morgan fingerprint density at radius 1 is 0.912 bits per heavy atom. The Labute approximate surface area is 464 Å². The number of hydrogen-bond acceptors (Lipinski definition) is 14. The Morgan fingerprint density at radius 2 is 1.66 bits per heavy atom. The number of H-pyrrole nitrogens is 2. The van der Waals surface area contributed by atoms with Crippen LogP contribution >= 0.6 is 0 Å². The van der Waals surface area contributed by atoms with Gasteiger partial charge in [0.15, 0.2) is 0 Å². The van der Waals surface area contributed by atoms with Crippen molar-refractivity contribution < 1.29 is 36.4 Å². The Morgan fingerprint density at radius 3 is 2.38 bits per heavy atom. The van der Waals surface area contributed by atoms with Gasteiger partial charge in [-0.15, -0.1) is 0 Å². The first-order valence-electron chi connectivity index (χ1n) is 27.7. The van der Waals surface area contributed by atoms with Crippen LogP contribution in [0.1, 0.15) is 105 Å². The quantitative estimate of drug-likeness (QED) is 0.0495. The number of carbonyl (C=O) groups is 1. The maximum Gasteiger partial charge on any atom is 0.296 e. The molecule has 1 spiro atoms.